The smallest absolute Gasteiger partial charge is 0.131 e. The van der Waals surface area contributed by atoms with Gasteiger partial charge in [0.15, 0.2) is 0 Å². The summed E-state index contributed by atoms with van der Waals surface area (Å²) < 4.78 is 10.1. The molecule has 0 amide bonds. The molecule has 0 heterocycles. The number of methoxy groups -OCH3 is 2. The van der Waals surface area contributed by atoms with Crippen molar-refractivity contribution >= 4 is 0 Å². The molecule has 0 saturated heterocycles. The van der Waals surface area contributed by atoms with Gasteiger partial charge in [-0.05, 0) is 6.92 Å². The van der Waals surface area contributed by atoms with Crippen molar-refractivity contribution in [2.24, 2.45) is 5.73 Å². The van der Waals surface area contributed by atoms with E-state index in [2.05, 4.69) is 0 Å². The van der Waals surface area contributed by atoms with Crippen molar-refractivity contribution in [3.8, 4) is 17.2 Å². The normalized spacial score (nSPS) is 14.3. The van der Waals surface area contributed by atoms with Gasteiger partial charge in [0.05, 0.1) is 31.9 Å². The molecule has 5 nitrogen and oxygen atoms in total. The summed E-state index contributed by atoms with van der Waals surface area (Å²) in [7, 11) is 2.95. The maximum Gasteiger partial charge on any atom is 0.131 e. The van der Waals surface area contributed by atoms with Gasteiger partial charge in [-0.1, -0.05) is 0 Å². The number of ether oxygens (including phenoxy) is 2. The van der Waals surface area contributed by atoms with Crippen LogP contribution in [0.3, 0.4) is 0 Å². The SMILES string of the molecule is COc1cc(O)c([C@@H](N)[C@H](C)O)c(OC)c1. The third kappa shape index (κ3) is 2.37. The Bertz CT molecular complexity index is 365. The van der Waals surface area contributed by atoms with Gasteiger partial charge >= 0.3 is 0 Å². The number of nitrogens with two attached hydrogens (primary N) is 1. The molecule has 0 bridgehead atoms. The maximum absolute atomic E-state index is 9.80. The summed E-state index contributed by atoms with van der Waals surface area (Å²) in [6.45, 7) is 1.55. The fraction of sp³-hybridized carbons (Fsp3) is 0.455. The van der Waals surface area contributed by atoms with Crippen molar-refractivity contribution in [1.82, 2.24) is 0 Å². The van der Waals surface area contributed by atoms with E-state index in [0.717, 1.165) is 0 Å². The molecule has 0 aliphatic rings. The molecule has 5 heteroatoms. The molecule has 1 aromatic carbocycles. The summed E-state index contributed by atoms with van der Waals surface area (Å²) in [6, 6.07) is 2.33. The van der Waals surface area contributed by atoms with Crippen LogP contribution in [0.2, 0.25) is 0 Å². The number of aromatic hydroxyl groups is 1. The summed E-state index contributed by atoms with van der Waals surface area (Å²) >= 11 is 0. The van der Waals surface area contributed by atoms with Crippen LogP contribution >= 0.6 is 0 Å². The van der Waals surface area contributed by atoms with Gasteiger partial charge < -0.3 is 25.4 Å². The number of phenolic OH excluding ortho intramolecular Hbond substituents is 1. The maximum atomic E-state index is 9.80. The second kappa shape index (κ2) is 5.05. The van der Waals surface area contributed by atoms with E-state index in [0.29, 0.717) is 17.1 Å². The van der Waals surface area contributed by atoms with Crippen LogP contribution in [0.25, 0.3) is 0 Å². The molecule has 0 saturated carbocycles. The molecule has 0 fully saturated rings. The average molecular weight is 227 g/mol. The summed E-state index contributed by atoms with van der Waals surface area (Å²) in [5.74, 6) is 0.811. The van der Waals surface area contributed by atoms with Gasteiger partial charge in [-0.2, -0.15) is 0 Å². The Kier molecular flexibility index (Phi) is 3.98. The Labute approximate surface area is 94.4 Å². The molecular weight excluding hydrogens is 210 g/mol. The highest BCUT2D eigenvalue weighted by molar-refractivity contribution is 5.51. The number of rotatable bonds is 4. The van der Waals surface area contributed by atoms with E-state index in [1.165, 1.54) is 20.3 Å². The third-order valence-electron chi connectivity index (χ3n) is 2.40. The molecule has 0 aromatic heterocycles. The molecule has 16 heavy (non-hydrogen) atoms. The van der Waals surface area contributed by atoms with Gasteiger partial charge in [0.2, 0.25) is 0 Å². The Morgan fingerprint density at radius 1 is 1.25 bits per heavy atom. The zero-order valence-corrected chi connectivity index (χ0v) is 9.60. The van der Waals surface area contributed by atoms with Crippen LogP contribution in [0.1, 0.15) is 18.5 Å². The first-order chi connectivity index (χ1) is 7.51. The van der Waals surface area contributed by atoms with Gasteiger partial charge in [0.25, 0.3) is 0 Å². The number of benzene rings is 1. The molecule has 1 aromatic rings. The second-order valence-electron chi connectivity index (χ2n) is 3.53. The first-order valence-electron chi connectivity index (χ1n) is 4.89. The van der Waals surface area contributed by atoms with E-state index in [-0.39, 0.29) is 5.75 Å². The highest BCUT2D eigenvalue weighted by Gasteiger charge is 2.21. The standard InChI is InChI=1S/C11H17NO4/c1-6(13)11(12)10-8(14)4-7(15-2)5-9(10)16-3/h4-6,11,13-14H,12H2,1-3H3/t6-,11-/m0/s1. The fourth-order valence-electron chi connectivity index (χ4n) is 1.45. The molecule has 2 atom stereocenters. The molecule has 0 aliphatic heterocycles. The summed E-state index contributed by atoms with van der Waals surface area (Å²) in [5.41, 5.74) is 6.15. The van der Waals surface area contributed by atoms with Crippen molar-refractivity contribution in [2.45, 2.75) is 19.1 Å². The monoisotopic (exact) mass is 227 g/mol. The van der Waals surface area contributed by atoms with E-state index < -0.39 is 12.1 Å². The molecule has 1 rings (SSSR count). The van der Waals surface area contributed by atoms with E-state index in [4.69, 9.17) is 15.2 Å². The first kappa shape index (κ1) is 12.6. The van der Waals surface area contributed by atoms with E-state index in [9.17, 15) is 10.2 Å². The highest BCUT2D eigenvalue weighted by Crippen LogP contribution is 2.37. The second-order valence-corrected chi connectivity index (χ2v) is 3.53. The van der Waals surface area contributed by atoms with Gasteiger partial charge in [-0.25, -0.2) is 0 Å². The molecule has 0 spiro atoms. The lowest BCUT2D eigenvalue weighted by Gasteiger charge is -2.20. The lowest BCUT2D eigenvalue weighted by molar-refractivity contribution is 0.161. The van der Waals surface area contributed by atoms with Crippen LogP contribution in [0.4, 0.5) is 0 Å². The fourth-order valence-corrected chi connectivity index (χ4v) is 1.45. The Balaban J connectivity index is 3.26. The van der Waals surface area contributed by atoms with E-state index in [1.807, 2.05) is 0 Å². The van der Waals surface area contributed by atoms with Crippen LogP contribution in [0.5, 0.6) is 17.2 Å². The Hall–Kier alpha value is -1.46. The first-order valence-corrected chi connectivity index (χ1v) is 4.89. The molecule has 4 N–H and O–H groups in total. The van der Waals surface area contributed by atoms with Gasteiger partial charge in [-0.3, -0.25) is 0 Å². The minimum atomic E-state index is -0.784. The Morgan fingerprint density at radius 3 is 2.31 bits per heavy atom. The van der Waals surface area contributed by atoms with Crippen molar-refractivity contribution < 1.29 is 19.7 Å². The van der Waals surface area contributed by atoms with Crippen molar-refractivity contribution in [1.29, 1.82) is 0 Å². The zero-order valence-electron chi connectivity index (χ0n) is 9.60. The quantitative estimate of drug-likeness (QED) is 0.708. The lowest BCUT2D eigenvalue weighted by atomic mass is 10.0. The predicted molar refractivity (Wildman–Crippen MR) is 59.8 cm³/mol. The summed E-state index contributed by atoms with van der Waals surface area (Å²) in [6.07, 6.45) is -0.784. The Morgan fingerprint density at radius 2 is 1.88 bits per heavy atom. The largest absolute Gasteiger partial charge is 0.507 e. The number of aliphatic hydroxyl groups excluding tert-OH is 1. The minimum Gasteiger partial charge on any atom is -0.507 e. The van der Waals surface area contributed by atoms with Crippen LogP contribution in [-0.4, -0.2) is 30.5 Å². The topological polar surface area (TPSA) is 84.9 Å². The minimum absolute atomic E-state index is 0.0513. The van der Waals surface area contributed by atoms with Crippen molar-refractivity contribution in [3.05, 3.63) is 17.7 Å². The highest BCUT2D eigenvalue weighted by atomic mass is 16.5. The summed E-state index contributed by atoms with van der Waals surface area (Å²) in [5, 5.41) is 19.2. The average Bonchev–Trinajstić information content (AvgIpc) is 2.26. The van der Waals surface area contributed by atoms with Crippen LogP contribution < -0.4 is 15.2 Å². The number of hydrogen-bond acceptors (Lipinski definition) is 5. The number of phenols is 1. The van der Waals surface area contributed by atoms with Gasteiger partial charge in [-0.15, -0.1) is 0 Å². The zero-order chi connectivity index (χ0) is 12.3. The van der Waals surface area contributed by atoms with E-state index in [1.54, 1.807) is 13.0 Å². The number of aliphatic hydroxyl groups is 1. The van der Waals surface area contributed by atoms with Crippen LogP contribution in [0.15, 0.2) is 12.1 Å². The molecular formula is C11H17NO4. The number of hydrogen-bond donors (Lipinski definition) is 3. The lowest BCUT2D eigenvalue weighted by Crippen LogP contribution is -2.23. The predicted octanol–water partition coefficient (Wildman–Crippen LogP) is 0.790. The van der Waals surface area contributed by atoms with Gasteiger partial charge in [0, 0.05) is 12.1 Å². The van der Waals surface area contributed by atoms with Gasteiger partial charge in [0.1, 0.15) is 17.2 Å². The van der Waals surface area contributed by atoms with Crippen molar-refractivity contribution in [2.75, 3.05) is 14.2 Å². The molecule has 0 aliphatic carbocycles. The van der Waals surface area contributed by atoms with Crippen LogP contribution in [0, 0.1) is 0 Å². The third-order valence-corrected chi connectivity index (χ3v) is 2.40. The molecule has 0 unspecified atom stereocenters. The van der Waals surface area contributed by atoms with Crippen LogP contribution in [-0.2, 0) is 0 Å². The van der Waals surface area contributed by atoms with Crippen molar-refractivity contribution in [3.63, 3.8) is 0 Å². The molecule has 90 valence electrons. The summed E-state index contributed by atoms with van der Waals surface area (Å²) in [4.78, 5) is 0. The van der Waals surface area contributed by atoms with E-state index >= 15 is 0 Å². The molecule has 0 radical (unpaired) electrons.